The number of fused-ring (bicyclic) bond motifs is 1. The zero-order valence-corrected chi connectivity index (χ0v) is 11.1. The number of carbonyl (C=O) groups is 1. The molecule has 5 heteroatoms. The van der Waals surface area contributed by atoms with Crippen molar-refractivity contribution in [2.24, 2.45) is 0 Å². The third-order valence-electron chi connectivity index (χ3n) is 3.22. The van der Waals surface area contributed by atoms with Crippen molar-refractivity contribution in [3.05, 3.63) is 48.3 Å². The number of aromatic nitrogens is 1. The standard InChI is InChI=1S/C15H15N3O2/c1-10-6-7-16-8-12(10)18-15(19)14-9-17-11-4-2-3-5-13(11)20-14/h2-8,14,17H,9H2,1H3,(H,18,19). The minimum Gasteiger partial charge on any atom is -0.477 e. The maximum Gasteiger partial charge on any atom is 0.267 e. The summed E-state index contributed by atoms with van der Waals surface area (Å²) < 4.78 is 5.71. The molecule has 0 fully saturated rings. The predicted octanol–water partition coefficient (Wildman–Crippen LogP) is 2.20. The van der Waals surface area contributed by atoms with Crippen LogP contribution in [-0.4, -0.2) is 23.5 Å². The molecule has 2 aromatic rings. The third-order valence-corrected chi connectivity index (χ3v) is 3.22. The lowest BCUT2D eigenvalue weighted by Crippen LogP contribution is -2.41. The summed E-state index contributed by atoms with van der Waals surface area (Å²) in [5.74, 6) is 0.518. The zero-order valence-electron chi connectivity index (χ0n) is 11.1. The average molecular weight is 269 g/mol. The highest BCUT2D eigenvalue weighted by atomic mass is 16.5. The first-order chi connectivity index (χ1) is 9.74. The summed E-state index contributed by atoms with van der Waals surface area (Å²) in [5, 5.41) is 6.04. The molecule has 1 aliphatic heterocycles. The van der Waals surface area contributed by atoms with Crippen LogP contribution in [0.3, 0.4) is 0 Å². The number of hydrogen-bond acceptors (Lipinski definition) is 4. The molecule has 102 valence electrons. The van der Waals surface area contributed by atoms with Gasteiger partial charge in [-0.25, -0.2) is 0 Å². The van der Waals surface area contributed by atoms with E-state index < -0.39 is 6.10 Å². The molecule has 0 spiro atoms. The number of rotatable bonds is 2. The molecule has 1 atom stereocenters. The van der Waals surface area contributed by atoms with Gasteiger partial charge < -0.3 is 15.4 Å². The summed E-state index contributed by atoms with van der Waals surface area (Å²) in [6.07, 6.45) is 2.78. The topological polar surface area (TPSA) is 63.2 Å². The Morgan fingerprint density at radius 3 is 3.10 bits per heavy atom. The van der Waals surface area contributed by atoms with Crippen molar-refractivity contribution >= 4 is 17.3 Å². The molecule has 0 aliphatic carbocycles. The maximum absolute atomic E-state index is 12.2. The molecule has 5 nitrogen and oxygen atoms in total. The van der Waals surface area contributed by atoms with Gasteiger partial charge in [0.2, 0.25) is 0 Å². The van der Waals surface area contributed by atoms with E-state index in [1.807, 2.05) is 37.3 Å². The molecule has 2 N–H and O–H groups in total. The number of carbonyl (C=O) groups excluding carboxylic acids is 1. The number of pyridine rings is 1. The Morgan fingerprint density at radius 1 is 1.40 bits per heavy atom. The predicted molar refractivity (Wildman–Crippen MR) is 77.0 cm³/mol. The summed E-state index contributed by atoms with van der Waals surface area (Å²) in [6, 6.07) is 9.43. The number of hydrogen-bond donors (Lipinski definition) is 2. The summed E-state index contributed by atoms with van der Waals surface area (Å²) in [7, 11) is 0. The van der Waals surface area contributed by atoms with Crippen LogP contribution in [-0.2, 0) is 4.79 Å². The second kappa shape index (κ2) is 5.21. The molecule has 3 rings (SSSR count). The summed E-state index contributed by atoms with van der Waals surface area (Å²) in [6.45, 7) is 2.37. The average Bonchev–Trinajstić information content (AvgIpc) is 2.49. The van der Waals surface area contributed by atoms with Gasteiger partial charge in [-0.15, -0.1) is 0 Å². The Balaban J connectivity index is 1.72. The Hall–Kier alpha value is -2.56. The first-order valence-corrected chi connectivity index (χ1v) is 6.45. The fourth-order valence-corrected chi connectivity index (χ4v) is 2.07. The Bertz CT molecular complexity index is 643. The summed E-state index contributed by atoms with van der Waals surface area (Å²) >= 11 is 0. The van der Waals surface area contributed by atoms with Gasteiger partial charge in [-0.3, -0.25) is 9.78 Å². The molecule has 1 aromatic heterocycles. The van der Waals surface area contributed by atoms with E-state index in [1.54, 1.807) is 12.4 Å². The second-order valence-electron chi connectivity index (χ2n) is 4.66. The van der Waals surface area contributed by atoms with Crippen molar-refractivity contribution in [3.8, 4) is 5.75 Å². The van der Waals surface area contributed by atoms with Crippen molar-refractivity contribution in [1.82, 2.24) is 4.98 Å². The number of ether oxygens (including phenoxy) is 1. The first-order valence-electron chi connectivity index (χ1n) is 6.45. The third kappa shape index (κ3) is 2.42. The van der Waals surface area contributed by atoms with Crippen LogP contribution in [0.25, 0.3) is 0 Å². The number of anilines is 2. The molecular formula is C15H15N3O2. The second-order valence-corrected chi connectivity index (χ2v) is 4.66. The van der Waals surface area contributed by atoms with Gasteiger partial charge in [-0.05, 0) is 30.7 Å². The smallest absolute Gasteiger partial charge is 0.267 e. The van der Waals surface area contributed by atoms with E-state index >= 15 is 0 Å². The summed E-state index contributed by atoms with van der Waals surface area (Å²) in [5.41, 5.74) is 2.59. The highest BCUT2D eigenvalue weighted by Gasteiger charge is 2.25. The number of amides is 1. The Kier molecular flexibility index (Phi) is 3.25. The molecule has 2 heterocycles. The van der Waals surface area contributed by atoms with Crippen LogP contribution in [0.15, 0.2) is 42.7 Å². The van der Waals surface area contributed by atoms with Crippen molar-refractivity contribution in [2.45, 2.75) is 13.0 Å². The molecule has 0 saturated carbocycles. The molecule has 0 radical (unpaired) electrons. The van der Waals surface area contributed by atoms with Crippen LogP contribution in [0.2, 0.25) is 0 Å². The SMILES string of the molecule is Cc1ccncc1NC(=O)C1CNc2ccccc2O1. The molecule has 1 aromatic carbocycles. The van der Waals surface area contributed by atoms with Crippen molar-refractivity contribution in [1.29, 1.82) is 0 Å². The van der Waals surface area contributed by atoms with Crippen LogP contribution in [0.1, 0.15) is 5.56 Å². The van der Waals surface area contributed by atoms with Gasteiger partial charge in [-0.2, -0.15) is 0 Å². The lowest BCUT2D eigenvalue weighted by molar-refractivity contribution is -0.122. The van der Waals surface area contributed by atoms with Crippen LogP contribution in [0, 0.1) is 6.92 Å². The van der Waals surface area contributed by atoms with Gasteiger partial charge in [0.05, 0.1) is 24.1 Å². The van der Waals surface area contributed by atoms with Crippen LogP contribution in [0.5, 0.6) is 5.75 Å². The van der Waals surface area contributed by atoms with E-state index in [0.29, 0.717) is 18.0 Å². The fraction of sp³-hybridized carbons (Fsp3) is 0.200. The maximum atomic E-state index is 12.2. The van der Waals surface area contributed by atoms with Gasteiger partial charge in [0.1, 0.15) is 5.75 Å². The number of benzene rings is 1. The molecule has 1 aliphatic rings. The van der Waals surface area contributed by atoms with Crippen LogP contribution < -0.4 is 15.4 Å². The van der Waals surface area contributed by atoms with E-state index in [1.165, 1.54) is 0 Å². The number of para-hydroxylation sites is 2. The Labute approximate surface area is 117 Å². The normalized spacial score (nSPS) is 16.6. The van der Waals surface area contributed by atoms with Gasteiger partial charge >= 0.3 is 0 Å². The largest absolute Gasteiger partial charge is 0.477 e. The van der Waals surface area contributed by atoms with E-state index in [4.69, 9.17) is 4.74 Å². The van der Waals surface area contributed by atoms with Crippen molar-refractivity contribution < 1.29 is 9.53 Å². The number of nitrogens with zero attached hydrogens (tertiary/aromatic N) is 1. The van der Waals surface area contributed by atoms with Crippen molar-refractivity contribution in [2.75, 3.05) is 17.2 Å². The monoisotopic (exact) mass is 269 g/mol. The molecule has 1 amide bonds. The first kappa shape index (κ1) is 12.5. The zero-order chi connectivity index (χ0) is 13.9. The molecule has 0 bridgehead atoms. The van der Waals surface area contributed by atoms with Gasteiger partial charge in [0, 0.05) is 6.20 Å². The molecule has 20 heavy (non-hydrogen) atoms. The van der Waals surface area contributed by atoms with Gasteiger partial charge in [0.15, 0.2) is 6.10 Å². The Morgan fingerprint density at radius 2 is 2.25 bits per heavy atom. The fourth-order valence-electron chi connectivity index (χ4n) is 2.07. The molecular weight excluding hydrogens is 254 g/mol. The minimum atomic E-state index is -0.551. The van der Waals surface area contributed by atoms with Gasteiger partial charge in [-0.1, -0.05) is 12.1 Å². The van der Waals surface area contributed by atoms with Crippen molar-refractivity contribution in [3.63, 3.8) is 0 Å². The highest BCUT2D eigenvalue weighted by Crippen LogP contribution is 2.28. The van der Waals surface area contributed by atoms with E-state index in [2.05, 4.69) is 15.6 Å². The number of nitrogens with one attached hydrogen (secondary N) is 2. The van der Waals surface area contributed by atoms with Gasteiger partial charge in [0.25, 0.3) is 5.91 Å². The van der Waals surface area contributed by atoms with E-state index in [-0.39, 0.29) is 5.91 Å². The lowest BCUT2D eigenvalue weighted by Gasteiger charge is -2.26. The van der Waals surface area contributed by atoms with E-state index in [9.17, 15) is 4.79 Å². The van der Waals surface area contributed by atoms with E-state index in [0.717, 1.165) is 11.3 Å². The lowest BCUT2D eigenvalue weighted by atomic mass is 10.2. The molecule has 0 saturated heterocycles. The number of aryl methyl sites for hydroxylation is 1. The van der Waals surface area contributed by atoms with Crippen LogP contribution >= 0.6 is 0 Å². The highest BCUT2D eigenvalue weighted by molar-refractivity contribution is 5.95. The summed E-state index contributed by atoms with van der Waals surface area (Å²) in [4.78, 5) is 16.2. The quantitative estimate of drug-likeness (QED) is 0.877. The molecule has 1 unspecified atom stereocenters. The van der Waals surface area contributed by atoms with Crippen LogP contribution in [0.4, 0.5) is 11.4 Å². The minimum absolute atomic E-state index is 0.178.